The Morgan fingerprint density at radius 3 is 2.58 bits per heavy atom. The van der Waals surface area contributed by atoms with Gasteiger partial charge in [0.1, 0.15) is 18.1 Å². The molecule has 0 spiro atoms. The van der Waals surface area contributed by atoms with Crippen molar-refractivity contribution in [2.24, 2.45) is 0 Å². The number of hydrogen-bond donors (Lipinski definition) is 1. The number of rotatable bonds is 4. The monoisotopic (exact) mass is 334 g/mol. The number of aliphatic hydroxyl groups excluding tert-OH is 1. The first-order valence-corrected chi connectivity index (χ1v) is 7.48. The van der Waals surface area contributed by atoms with Crippen LogP contribution in [0.2, 0.25) is 0 Å². The van der Waals surface area contributed by atoms with Crippen molar-refractivity contribution in [3.8, 4) is 11.5 Å². The predicted octanol–water partition coefficient (Wildman–Crippen LogP) is 3.20. The fraction of sp³-hybridized carbons (Fsp3) is 0.211. The molecule has 0 bridgehead atoms. The standard InChI is InChI=1S/C19H18O4.Na.H/c1-22-16-9-14-7-8-15(11-20)19(21)18(14)17(10-16)23-12-13-5-3-2-4-6-13;;/h2-6,9-11,20H,7-8,12H2,1H3;;. The topological polar surface area (TPSA) is 55.8 Å². The first kappa shape index (κ1) is 18.6. The summed E-state index contributed by atoms with van der Waals surface area (Å²) >= 11 is 0. The van der Waals surface area contributed by atoms with Gasteiger partial charge in [0.05, 0.1) is 18.9 Å². The number of ketones is 1. The second kappa shape index (κ2) is 8.38. The summed E-state index contributed by atoms with van der Waals surface area (Å²) < 4.78 is 11.2. The summed E-state index contributed by atoms with van der Waals surface area (Å²) in [7, 11) is 1.59. The molecule has 4 nitrogen and oxygen atoms in total. The fourth-order valence-corrected chi connectivity index (χ4v) is 2.73. The second-order valence-corrected chi connectivity index (χ2v) is 5.42. The van der Waals surface area contributed by atoms with E-state index in [1.807, 2.05) is 36.4 Å². The van der Waals surface area contributed by atoms with Crippen molar-refractivity contribution >= 4 is 35.3 Å². The summed E-state index contributed by atoms with van der Waals surface area (Å²) in [6, 6.07) is 13.3. The maximum absolute atomic E-state index is 12.5. The van der Waals surface area contributed by atoms with Gasteiger partial charge in [0, 0.05) is 11.6 Å². The number of benzene rings is 2. The van der Waals surface area contributed by atoms with Crippen LogP contribution in [0.1, 0.15) is 27.9 Å². The molecule has 0 aliphatic heterocycles. The number of Topliss-reactive ketones (excluding diaryl/α,β-unsaturated/α-hetero) is 1. The van der Waals surface area contributed by atoms with Gasteiger partial charge in [-0.25, -0.2) is 0 Å². The molecule has 1 N–H and O–H groups in total. The summed E-state index contributed by atoms with van der Waals surface area (Å²) in [5.74, 6) is 0.975. The Balaban J connectivity index is 0.00000208. The van der Waals surface area contributed by atoms with Crippen LogP contribution in [-0.4, -0.2) is 47.6 Å². The van der Waals surface area contributed by atoms with E-state index in [-0.39, 0.29) is 35.3 Å². The van der Waals surface area contributed by atoms with Crippen LogP contribution in [-0.2, 0) is 13.0 Å². The zero-order valence-electron chi connectivity index (χ0n) is 12.9. The number of carbonyl (C=O) groups is 1. The van der Waals surface area contributed by atoms with Crippen molar-refractivity contribution in [2.45, 2.75) is 19.4 Å². The van der Waals surface area contributed by atoms with Crippen LogP contribution in [0.3, 0.4) is 0 Å². The number of ether oxygens (including phenoxy) is 2. The van der Waals surface area contributed by atoms with Crippen molar-refractivity contribution in [3.05, 3.63) is 71.0 Å². The van der Waals surface area contributed by atoms with Gasteiger partial charge in [-0.05, 0) is 30.0 Å². The van der Waals surface area contributed by atoms with E-state index in [4.69, 9.17) is 9.47 Å². The zero-order chi connectivity index (χ0) is 16.2. The average molecular weight is 334 g/mol. The Morgan fingerprint density at radius 1 is 1.17 bits per heavy atom. The Morgan fingerprint density at radius 2 is 1.92 bits per heavy atom. The molecule has 120 valence electrons. The van der Waals surface area contributed by atoms with Crippen molar-refractivity contribution in [1.82, 2.24) is 0 Å². The molecule has 2 aromatic carbocycles. The van der Waals surface area contributed by atoms with Gasteiger partial charge in [-0.15, -0.1) is 0 Å². The van der Waals surface area contributed by atoms with E-state index < -0.39 is 0 Å². The third-order valence-electron chi connectivity index (χ3n) is 3.97. The molecule has 0 fully saturated rings. The van der Waals surface area contributed by atoms with Crippen LogP contribution >= 0.6 is 0 Å². The van der Waals surface area contributed by atoms with Crippen LogP contribution < -0.4 is 9.47 Å². The van der Waals surface area contributed by atoms with Crippen molar-refractivity contribution in [1.29, 1.82) is 0 Å². The summed E-state index contributed by atoms with van der Waals surface area (Å²) in [5, 5.41) is 9.24. The van der Waals surface area contributed by atoms with E-state index in [1.54, 1.807) is 13.2 Å². The molecule has 1 aliphatic carbocycles. The van der Waals surface area contributed by atoms with Crippen LogP contribution in [0, 0.1) is 0 Å². The van der Waals surface area contributed by atoms with E-state index in [1.165, 1.54) is 0 Å². The van der Waals surface area contributed by atoms with E-state index in [0.717, 1.165) is 17.4 Å². The van der Waals surface area contributed by atoms with Gasteiger partial charge in [0.2, 0.25) is 0 Å². The maximum atomic E-state index is 12.5. The van der Waals surface area contributed by atoms with Crippen molar-refractivity contribution < 1.29 is 19.4 Å². The van der Waals surface area contributed by atoms with Gasteiger partial charge in [-0.1, -0.05) is 30.3 Å². The molecule has 2 aromatic rings. The third-order valence-corrected chi connectivity index (χ3v) is 3.97. The number of methoxy groups -OCH3 is 1. The Hall–Kier alpha value is -1.75. The number of hydrogen-bond acceptors (Lipinski definition) is 4. The molecule has 0 heterocycles. The Kier molecular flexibility index (Phi) is 6.49. The van der Waals surface area contributed by atoms with E-state index in [9.17, 15) is 9.90 Å². The molecule has 3 rings (SSSR count). The molecule has 0 radical (unpaired) electrons. The molecule has 1 aliphatic rings. The molecule has 0 atom stereocenters. The predicted molar refractivity (Wildman–Crippen MR) is 94.3 cm³/mol. The molecule has 5 heteroatoms. The number of allylic oxidation sites excluding steroid dienone is 1. The van der Waals surface area contributed by atoms with Crippen LogP contribution in [0.25, 0.3) is 0 Å². The minimum atomic E-state index is -0.181. The van der Waals surface area contributed by atoms with Gasteiger partial charge >= 0.3 is 29.6 Å². The molecule has 0 saturated carbocycles. The van der Waals surface area contributed by atoms with Gasteiger partial charge in [0.15, 0.2) is 5.78 Å². The van der Waals surface area contributed by atoms with Gasteiger partial charge in [-0.3, -0.25) is 4.79 Å². The molecule has 0 amide bonds. The van der Waals surface area contributed by atoms with Gasteiger partial charge < -0.3 is 14.6 Å². The number of fused-ring (bicyclic) bond motifs is 1. The SMILES string of the molecule is COc1cc2c(c(OCc3ccccc3)c1)C(=O)C(=CO)CC2.[NaH]. The molecule has 0 saturated heterocycles. The summed E-state index contributed by atoms with van der Waals surface area (Å²) in [4.78, 5) is 12.5. The molecular weight excluding hydrogens is 315 g/mol. The first-order valence-electron chi connectivity index (χ1n) is 7.48. The third kappa shape index (κ3) is 3.83. The molecule has 0 aromatic heterocycles. The minimum absolute atomic E-state index is 0. The second-order valence-electron chi connectivity index (χ2n) is 5.42. The average Bonchev–Trinajstić information content (AvgIpc) is 2.60. The van der Waals surface area contributed by atoms with Gasteiger partial charge in [0.25, 0.3) is 0 Å². The molecular formula is C19H19NaO4. The van der Waals surface area contributed by atoms with E-state index >= 15 is 0 Å². The quantitative estimate of drug-likeness (QED) is 0.530. The fourth-order valence-electron chi connectivity index (χ4n) is 2.73. The van der Waals surface area contributed by atoms with Crippen LogP contribution in [0.5, 0.6) is 11.5 Å². The molecule has 24 heavy (non-hydrogen) atoms. The number of carbonyl (C=O) groups excluding carboxylic acids is 1. The van der Waals surface area contributed by atoms with Crippen molar-refractivity contribution in [2.75, 3.05) is 7.11 Å². The Labute approximate surface area is 163 Å². The van der Waals surface area contributed by atoms with Crippen LogP contribution in [0.4, 0.5) is 0 Å². The number of aliphatic hydroxyl groups is 1. The van der Waals surface area contributed by atoms with E-state index in [0.29, 0.717) is 42.1 Å². The van der Waals surface area contributed by atoms with E-state index in [2.05, 4.69) is 0 Å². The molecule has 0 unspecified atom stereocenters. The summed E-state index contributed by atoms with van der Waals surface area (Å²) in [5.41, 5.74) is 2.84. The summed E-state index contributed by atoms with van der Waals surface area (Å²) in [6.07, 6.45) is 2.09. The summed E-state index contributed by atoms with van der Waals surface area (Å²) in [6.45, 7) is 0.367. The first-order chi connectivity index (χ1) is 11.2. The van der Waals surface area contributed by atoms with Crippen LogP contribution in [0.15, 0.2) is 54.3 Å². The normalized spacial score (nSPS) is 14.7. The van der Waals surface area contributed by atoms with Crippen molar-refractivity contribution in [3.63, 3.8) is 0 Å². The zero-order valence-corrected chi connectivity index (χ0v) is 12.9. The number of aryl methyl sites for hydroxylation is 1. The Bertz CT molecular complexity index is 753. The van der Waals surface area contributed by atoms with Gasteiger partial charge in [-0.2, -0.15) is 0 Å².